The maximum Gasteiger partial charge on any atom is 0.187 e. The summed E-state index contributed by atoms with van der Waals surface area (Å²) >= 11 is 0. The molecule has 51 heavy (non-hydrogen) atoms. The van der Waals surface area contributed by atoms with Gasteiger partial charge in [-0.15, -0.1) is 0 Å². The number of ether oxygens (including phenoxy) is 6. The van der Waals surface area contributed by atoms with E-state index in [4.69, 9.17) is 28.4 Å². The maximum absolute atomic E-state index is 11.1. The normalized spacial score (nSPS) is 58.4. The van der Waals surface area contributed by atoms with Crippen molar-refractivity contribution < 1.29 is 59.1 Å². The van der Waals surface area contributed by atoms with E-state index in [0.717, 1.165) is 38.7 Å². The minimum atomic E-state index is -1.61. The summed E-state index contributed by atoms with van der Waals surface area (Å²) in [5, 5.41) is 62.9. The van der Waals surface area contributed by atoms with Gasteiger partial charge in [0.15, 0.2) is 18.4 Å². The molecular formula is C39H62O12. The number of hydrogen-bond acceptors (Lipinski definition) is 12. The van der Waals surface area contributed by atoms with E-state index in [1.54, 1.807) is 0 Å². The van der Waals surface area contributed by atoms with Gasteiger partial charge in [-0.3, -0.25) is 0 Å². The van der Waals surface area contributed by atoms with Crippen LogP contribution in [0.5, 0.6) is 0 Å². The molecule has 6 N–H and O–H groups in total. The summed E-state index contributed by atoms with van der Waals surface area (Å²) in [4.78, 5) is 0. The van der Waals surface area contributed by atoms with Crippen molar-refractivity contribution in [1.29, 1.82) is 0 Å². The lowest BCUT2D eigenvalue weighted by Crippen LogP contribution is -2.64. The monoisotopic (exact) mass is 722 g/mol. The third-order valence-electron chi connectivity index (χ3n) is 15.6. The quantitative estimate of drug-likeness (QED) is 0.229. The van der Waals surface area contributed by atoms with Crippen LogP contribution in [0.15, 0.2) is 11.6 Å². The van der Waals surface area contributed by atoms with E-state index < -0.39 is 73.8 Å². The zero-order chi connectivity index (χ0) is 36.2. The number of fused-ring (bicyclic) bond motifs is 7. The van der Waals surface area contributed by atoms with E-state index in [-0.39, 0.29) is 23.0 Å². The van der Waals surface area contributed by atoms with Crippen LogP contribution >= 0.6 is 0 Å². The van der Waals surface area contributed by atoms with Gasteiger partial charge in [-0.25, -0.2) is 0 Å². The largest absolute Gasteiger partial charge is 0.394 e. The number of aliphatic hydroxyl groups excluding tert-OH is 6. The van der Waals surface area contributed by atoms with Gasteiger partial charge in [-0.1, -0.05) is 39.3 Å². The van der Waals surface area contributed by atoms with Crippen molar-refractivity contribution in [3.63, 3.8) is 0 Å². The van der Waals surface area contributed by atoms with Crippen LogP contribution in [0.1, 0.15) is 92.4 Å². The summed E-state index contributed by atoms with van der Waals surface area (Å²) in [7, 11) is 0. The van der Waals surface area contributed by atoms with Crippen LogP contribution < -0.4 is 0 Å². The molecule has 7 fully saturated rings. The first-order chi connectivity index (χ1) is 24.2. The number of allylic oxidation sites excluding steroid dienone is 1. The topological polar surface area (TPSA) is 177 Å². The summed E-state index contributed by atoms with van der Waals surface area (Å²) < 4.78 is 37.6. The molecule has 0 aromatic carbocycles. The molecule has 0 aromatic rings. The van der Waals surface area contributed by atoms with Crippen molar-refractivity contribution in [3.8, 4) is 0 Å². The van der Waals surface area contributed by atoms with Crippen LogP contribution in [0.3, 0.4) is 0 Å². The lowest BCUT2D eigenvalue weighted by atomic mass is 9.47. The zero-order valence-electron chi connectivity index (χ0n) is 30.9. The van der Waals surface area contributed by atoms with Crippen LogP contribution in [0.4, 0.5) is 0 Å². The highest BCUT2D eigenvalue weighted by molar-refractivity contribution is 5.26. The Balaban J connectivity index is 0.964. The third kappa shape index (κ3) is 5.84. The smallest absolute Gasteiger partial charge is 0.187 e. The molecule has 4 aliphatic heterocycles. The van der Waals surface area contributed by atoms with Crippen LogP contribution in [0, 0.1) is 46.3 Å². The molecule has 0 amide bonds. The zero-order valence-corrected chi connectivity index (χ0v) is 30.9. The number of aliphatic hydroxyl groups is 6. The summed E-state index contributed by atoms with van der Waals surface area (Å²) in [6.07, 6.45) is -1.68. The standard InChI is InChI=1S/C39H62O12/c1-18-8-13-39(46-17-18)19(2)28-26(51-39)15-25-23-7-6-21-14-22(9-11-37(21,4)24(23)10-12-38(25,28)5)48-36-34(32(44)30(42)27(16-40)49-36)50-35-33(45)31(43)29(41)20(3)47-35/h6,18-20,22-36,40-45H,7-17H2,1-5H3/t18-,19?,20+,22?,23?,24?,25?,26?,27-,28?,29+,30-,31-,32+,33-,34-,35+,36-,37+,38+,39-/m1/s1. The van der Waals surface area contributed by atoms with Crippen molar-refractivity contribution in [2.24, 2.45) is 46.3 Å². The van der Waals surface area contributed by atoms with Crippen molar-refractivity contribution in [2.75, 3.05) is 13.2 Å². The number of hydrogen-bond donors (Lipinski definition) is 6. The maximum atomic E-state index is 11.1. The lowest BCUT2D eigenvalue weighted by molar-refractivity contribution is -0.369. The van der Waals surface area contributed by atoms with E-state index in [1.165, 1.54) is 31.8 Å². The summed E-state index contributed by atoms with van der Waals surface area (Å²) in [6, 6.07) is 0. The lowest BCUT2D eigenvalue weighted by Gasteiger charge is -2.58. The average Bonchev–Trinajstić information content (AvgIpc) is 3.56. The Morgan fingerprint density at radius 2 is 1.61 bits per heavy atom. The van der Waals surface area contributed by atoms with Crippen LogP contribution in [-0.2, 0) is 28.4 Å². The molecule has 12 heteroatoms. The van der Waals surface area contributed by atoms with Gasteiger partial charge in [0, 0.05) is 12.3 Å². The van der Waals surface area contributed by atoms with Crippen molar-refractivity contribution in [3.05, 3.63) is 11.6 Å². The van der Waals surface area contributed by atoms with E-state index in [1.807, 2.05) is 0 Å². The molecule has 8 aliphatic rings. The summed E-state index contributed by atoms with van der Waals surface area (Å²) in [6.45, 7) is 11.5. The molecule has 0 radical (unpaired) electrons. The van der Waals surface area contributed by atoms with Crippen molar-refractivity contribution in [2.45, 2.75) is 172 Å². The molecule has 12 nitrogen and oxygen atoms in total. The minimum absolute atomic E-state index is 0.0535. The first-order valence-corrected chi connectivity index (χ1v) is 19.8. The van der Waals surface area contributed by atoms with Gasteiger partial charge in [0.25, 0.3) is 0 Å². The number of rotatable bonds is 5. The average molecular weight is 723 g/mol. The Hall–Kier alpha value is -0.740. The fourth-order valence-electron chi connectivity index (χ4n) is 12.5. The molecule has 21 atom stereocenters. The molecule has 0 bridgehead atoms. The predicted molar refractivity (Wildman–Crippen MR) is 182 cm³/mol. The van der Waals surface area contributed by atoms with Crippen LogP contribution in [-0.4, -0.2) is 123 Å². The van der Waals surface area contributed by atoms with E-state index in [0.29, 0.717) is 41.9 Å². The third-order valence-corrected chi connectivity index (χ3v) is 15.6. The molecule has 4 saturated heterocycles. The van der Waals surface area contributed by atoms with Crippen LogP contribution in [0.2, 0.25) is 0 Å². The molecule has 290 valence electrons. The molecule has 8 rings (SSSR count). The first-order valence-electron chi connectivity index (χ1n) is 19.8. The second-order valence-corrected chi connectivity index (χ2v) is 18.3. The fraction of sp³-hybridized carbons (Fsp3) is 0.949. The minimum Gasteiger partial charge on any atom is -0.394 e. The molecule has 7 unspecified atom stereocenters. The van der Waals surface area contributed by atoms with Gasteiger partial charge in [-0.05, 0) is 98.7 Å². The Morgan fingerprint density at radius 3 is 2.33 bits per heavy atom. The Kier molecular flexibility index (Phi) is 9.83. The Labute approximate surface area is 301 Å². The molecule has 4 aliphatic carbocycles. The van der Waals surface area contributed by atoms with Crippen LogP contribution in [0.25, 0.3) is 0 Å². The summed E-state index contributed by atoms with van der Waals surface area (Å²) in [5.74, 6) is 2.92. The van der Waals surface area contributed by atoms with Gasteiger partial charge >= 0.3 is 0 Å². The molecular weight excluding hydrogens is 660 g/mol. The SMILES string of the molecule is CC1C2C(CC3C4CC=C5CC(O[C@@H]6O[C@H](CO)[C@@H](O)[C@H](O)[C@H]6O[C@@H]6O[C@@H](C)[C@H](O)[C@@H](O)[C@H]6O)CC[C@]5(C)C4CC[C@@]32C)O[C@]12CC[C@@H](C)CO2. The van der Waals surface area contributed by atoms with Crippen molar-refractivity contribution >= 4 is 0 Å². The highest BCUT2D eigenvalue weighted by atomic mass is 16.8. The molecule has 0 aromatic heterocycles. The van der Waals surface area contributed by atoms with Crippen molar-refractivity contribution in [1.82, 2.24) is 0 Å². The highest BCUT2D eigenvalue weighted by Crippen LogP contribution is 2.70. The first kappa shape index (κ1) is 37.2. The van der Waals surface area contributed by atoms with Gasteiger partial charge < -0.3 is 59.1 Å². The van der Waals surface area contributed by atoms with E-state index >= 15 is 0 Å². The van der Waals surface area contributed by atoms with Gasteiger partial charge in [-0.2, -0.15) is 0 Å². The van der Waals surface area contributed by atoms with E-state index in [2.05, 4.69) is 33.8 Å². The van der Waals surface area contributed by atoms with Gasteiger partial charge in [0.05, 0.1) is 31.5 Å². The molecule has 3 saturated carbocycles. The van der Waals surface area contributed by atoms with Gasteiger partial charge in [0.1, 0.15) is 42.7 Å². The van der Waals surface area contributed by atoms with E-state index in [9.17, 15) is 30.6 Å². The Morgan fingerprint density at radius 1 is 0.824 bits per heavy atom. The molecule has 4 heterocycles. The summed E-state index contributed by atoms with van der Waals surface area (Å²) in [5.41, 5.74) is 1.70. The predicted octanol–water partition coefficient (Wildman–Crippen LogP) is 2.39. The Bertz CT molecular complexity index is 1300. The highest BCUT2D eigenvalue weighted by Gasteiger charge is 2.68. The second kappa shape index (κ2) is 13.5. The van der Waals surface area contributed by atoms with Gasteiger partial charge in [0.2, 0.25) is 0 Å². The second-order valence-electron chi connectivity index (χ2n) is 18.3. The fourth-order valence-corrected chi connectivity index (χ4v) is 12.5. The molecule has 1 spiro atoms.